The molecule has 0 aliphatic carbocycles. The average molecular weight is 374 g/mol. The van der Waals surface area contributed by atoms with E-state index in [1.54, 1.807) is 37.3 Å². The maximum absolute atomic E-state index is 12.9. The van der Waals surface area contributed by atoms with Crippen LogP contribution in [-0.4, -0.2) is 22.0 Å². The van der Waals surface area contributed by atoms with Crippen LogP contribution in [0.1, 0.15) is 28.5 Å². The molecule has 1 atom stereocenters. The van der Waals surface area contributed by atoms with Crippen LogP contribution in [0.5, 0.6) is 0 Å². The number of Topliss-reactive ketones (excluding diaryl/α,β-unsaturated/α-hetero) is 1. The van der Waals surface area contributed by atoms with Crippen LogP contribution < -0.4 is 4.90 Å². The van der Waals surface area contributed by atoms with Crippen LogP contribution >= 0.6 is 0 Å². The van der Waals surface area contributed by atoms with E-state index in [1.165, 1.54) is 4.90 Å². The Morgan fingerprint density at radius 3 is 2.32 bits per heavy atom. The number of aliphatic hydroxyl groups excluding tert-OH is 1. The number of carbonyl (C=O) groups excluding carboxylic acids is 2. The van der Waals surface area contributed by atoms with Crippen molar-refractivity contribution in [2.24, 2.45) is 0 Å². The summed E-state index contributed by atoms with van der Waals surface area (Å²) in [5.41, 5.74) is 2.23. The highest BCUT2D eigenvalue weighted by atomic mass is 16.5. The van der Waals surface area contributed by atoms with E-state index in [2.05, 4.69) is 5.16 Å². The van der Waals surface area contributed by atoms with Crippen LogP contribution in [0.15, 0.2) is 70.8 Å². The summed E-state index contributed by atoms with van der Waals surface area (Å²) >= 11 is 0. The second-order valence-electron chi connectivity index (χ2n) is 6.74. The molecule has 0 saturated carbocycles. The third-order valence-electron chi connectivity index (χ3n) is 4.75. The van der Waals surface area contributed by atoms with E-state index in [-0.39, 0.29) is 17.2 Å². The van der Waals surface area contributed by atoms with Gasteiger partial charge in [-0.05, 0) is 19.4 Å². The number of hydrogen-bond acceptors (Lipinski definition) is 5. The minimum atomic E-state index is -0.801. The van der Waals surface area contributed by atoms with E-state index in [0.717, 1.165) is 5.56 Å². The lowest BCUT2D eigenvalue weighted by Gasteiger charge is -2.23. The minimum absolute atomic E-state index is 0.0284. The van der Waals surface area contributed by atoms with E-state index in [4.69, 9.17) is 4.52 Å². The zero-order valence-electron chi connectivity index (χ0n) is 15.4. The van der Waals surface area contributed by atoms with Gasteiger partial charge in [0.1, 0.15) is 11.5 Å². The third-order valence-corrected chi connectivity index (χ3v) is 4.75. The van der Waals surface area contributed by atoms with E-state index in [1.807, 2.05) is 37.3 Å². The molecule has 28 heavy (non-hydrogen) atoms. The average Bonchev–Trinajstić information content (AvgIpc) is 3.24. The fraction of sp³-hybridized carbons (Fsp3) is 0.136. The summed E-state index contributed by atoms with van der Waals surface area (Å²) < 4.78 is 5.11. The standard InChI is InChI=1S/C22H18N2O4/c1-13-8-10-15(11-9-13)19-18(20(25)16-6-4-3-5-7-16)21(26)22(27)24(19)17-12-14(2)28-23-17/h3-12,19,25H,1-2H3/b20-18+/t19-/m1/s1. The van der Waals surface area contributed by atoms with E-state index in [9.17, 15) is 14.7 Å². The summed E-state index contributed by atoms with van der Waals surface area (Å²) in [5, 5.41) is 14.8. The highest BCUT2D eigenvalue weighted by molar-refractivity contribution is 6.51. The lowest BCUT2D eigenvalue weighted by molar-refractivity contribution is -0.132. The van der Waals surface area contributed by atoms with Crippen molar-refractivity contribution in [3.63, 3.8) is 0 Å². The van der Waals surface area contributed by atoms with Crippen LogP contribution in [0.2, 0.25) is 0 Å². The number of amides is 1. The number of rotatable bonds is 3. The molecule has 3 aromatic rings. The second kappa shape index (κ2) is 6.81. The largest absolute Gasteiger partial charge is 0.507 e. The number of aliphatic hydroxyl groups is 1. The zero-order valence-corrected chi connectivity index (χ0v) is 15.4. The van der Waals surface area contributed by atoms with Crippen molar-refractivity contribution >= 4 is 23.3 Å². The smallest absolute Gasteiger partial charge is 0.301 e. The van der Waals surface area contributed by atoms with Crippen molar-refractivity contribution in [2.45, 2.75) is 19.9 Å². The predicted octanol–water partition coefficient (Wildman–Crippen LogP) is 3.92. The molecular formula is C22H18N2O4. The van der Waals surface area contributed by atoms with Gasteiger partial charge in [-0.25, -0.2) is 0 Å². The molecule has 6 heteroatoms. The summed E-state index contributed by atoms with van der Waals surface area (Å²) in [5.74, 6) is -0.976. The molecule has 1 saturated heterocycles. The molecule has 4 rings (SSSR count). The first-order valence-corrected chi connectivity index (χ1v) is 8.83. The number of hydrogen-bond donors (Lipinski definition) is 1. The highest BCUT2D eigenvalue weighted by Gasteiger charge is 2.48. The summed E-state index contributed by atoms with van der Waals surface area (Å²) in [6.07, 6.45) is 0. The normalized spacial score (nSPS) is 18.6. The van der Waals surface area contributed by atoms with Crippen LogP contribution in [0.25, 0.3) is 5.76 Å². The summed E-state index contributed by atoms with van der Waals surface area (Å²) in [4.78, 5) is 27.0. The Bertz CT molecular complexity index is 1080. The summed E-state index contributed by atoms with van der Waals surface area (Å²) in [7, 11) is 0. The maximum atomic E-state index is 12.9. The predicted molar refractivity (Wildman–Crippen MR) is 104 cm³/mol. The monoisotopic (exact) mass is 374 g/mol. The van der Waals surface area contributed by atoms with Crippen molar-refractivity contribution < 1.29 is 19.2 Å². The van der Waals surface area contributed by atoms with Gasteiger partial charge in [-0.3, -0.25) is 14.5 Å². The molecule has 0 radical (unpaired) electrons. The second-order valence-corrected chi connectivity index (χ2v) is 6.74. The van der Waals surface area contributed by atoms with Crippen molar-refractivity contribution in [1.82, 2.24) is 5.16 Å². The fourth-order valence-corrected chi connectivity index (χ4v) is 3.35. The van der Waals surface area contributed by atoms with Gasteiger partial charge in [0.25, 0.3) is 5.78 Å². The summed E-state index contributed by atoms with van der Waals surface area (Å²) in [6.45, 7) is 3.66. The molecule has 2 aromatic carbocycles. The van der Waals surface area contributed by atoms with E-state index in [0.29, 0.717) is 16.9 Å². The highest BCUT2D eigenvalue weighted by Crippen LogP contribution is 2.41. The van der Waals surface area contributed by atoms with Gasteiger partial charge in [0.15, 0.2) is 5.82 Å². The number of aromatic nitrogens is 1. The van der Waals surface area contributed by atoms with Gasteiger partial charge in [0.2, 0.25) is 0 Å². The Morgan fingerprint density at radius 1 is 1.04 bits per heavy atom. The Kier molecular flexibility index (Phi) is 4.31. The van der Waals surface area contributed by atoms with Gasteiger partial charge in [-0.1, -0.05) is 65.3 Å². The molecule has 1 fully saturated rings. The summed E-state index contributed by atoms with van der Waals surface area (Å²) in [6, 6.07) is 17.0. The molecule has 140 valence electrons. The van der Waals surface area contributed by atoms with Gasteiger partial charge >= 0.3 is 5.91 Å². The van der Waals surface area contributed by atoms with E-state index < -0.39 is 17.7 Å². The van der Waals surface area contributed by atoms with Crippen LogP contribution in [0, 0.1) is 13.8 Å². The SMILES string of the molecule is Cc1ccc([C@@H]2/C(=C(\O)c3ccccc3)C(=O)C(=O)N2c2cc(C)on2)cc1. The van der Waals surface area contributed by atoms with Crippen molar-refractivity contribution in [1.29, 1.82) is 0 Å². The van der Waals surface area contributed by atoms with Gasteiger partial charge in [-0.2, -0.15) is 0 Å². The lowest BCUT2D eigenvalue weighted by Crippen LogP contribution is -2.29. The number of aryl methyl sites for hydroxylation is 2. The minimum Gasteiger partial charge on any atom is -0.507 e. The Hall–Kier alpha value is -3.67. The fourth-order valence-electron chi connectivity index (χ4n) is 3.35. The Morgan fingerprint density at radius 2 is 1.71 bits per heavy atom. The number of nitrogens with zero attached hydrogens (tertiary/aromatic N) is 2. The molecule has 1 amide bonds. The number of carbonyl (C=O) groups is 2. The molecule has 6 nitrogen and oxygen atoms in total. The Labute approximate surface area is 161 Å². The van der Waals surface area contributed by atoms with Gasteiger partial charge in [0, 0.05) is 11.6 Å². The van der Waals surface area contributed by atoms with Crippen LogP contribution in [-0.2, 0) is 9.59 Å². The van der Waals surface area contributed by atoms with Crippen molar-refractivity contribution in [3.8, 4) is 0 Å². The number of ketones is 1. The Balaban J connectivity index is 1.94. The first-order chi connectivity index (χ1) is 13.5. The molecule has 0 spiro atoms. The van der Waals surface area contributed by atoms with Crippen molar-refractivity contribution in [2.75, 3.05) is 4.90 Å². The van der Waals surface area contributed by atoms with Gasteiger partial charge in [-0.15, -0.1) is 0 Å². The van der Waals surface area contributed by atoms with E-state index >= 15 is 0 Å². The first kappa shape index (κ1) is 17.7. The van der Waals surface area contributed by atoms with Gasteiger partial charge < -0.3 is 9.63 Å². The first-order valence-electron chi connectivity index (χ1n) is 8.83. The van der Waals surface area contributed by atoms with Gasteiger partial charge in [0.05, 0.1) is 11.6 Å². The molecule has 0 unspecified atom stereocenters. The van der Waals surface area contributed by atoms with Crippen molar-refractivity contribution in [3.05, 3.63) is 88.7 Å². The molecule has 1 N–H and O–H groups in total. The molecule has 0 bridgehead atoms. The van der Waals surface area contributed by atoms with Crippen LogP contribution in [0.3, 0.4) is 0 Å². The topological polar surface area (TPSA) is 83.6 Å². The number of benzene rings is 2. The molecule has 2 heterocycles. The molecular weight excluding hydrogens is 356 g/mol. The molecule has 1 aliphatic rings. The third kappa shape index (κ3) is 2.89. The molecule has 1 aromatic heterocycles. The zero-order chi connectivity index (χ0) is 19.8. The lowest BCUT2D eigenvalue weighted by atomic mass is 9.95. The van der Waals surface area contributed by atoms with Crippen LogP contribution in [0.4, 0.5) is 5.82 Å². The maximum Gasteiger partial charge on any atom is 0.301 e. The number of anilines is 1. The quantitative estimate of drug-likeness (QED) is 0.427. The molecule has 1 aliphatic heterocycles.